The Balaban J connectivity index is 1.56. The number of aromatic nitrogens is 2. The zero-order valence-electron chi connectivity index (χ0n) is 13.8. The summed E-state index contributed by atoms with van der Waals surface area (Å²) in [6.45, 7) is 3.18. The molecule has 3 heterocycles. The molecule has 0 saturated carbocycles. The Kier molecular flexibility index (Phi) is 4.94. The third-order valence-corrected chi connectivity index (χ3v) is 6.28. The van der Waals surface area contributed by atoms with Crippen molar-refractivity contribution >= 4 is 66.4 Å². The molecule has 1 aliphatic heterocycles. The number of halogens is 1. The van der Waals surface area contributed by atoms with Gasteiger partial charge >= 0.3 is 5.97 Å². The number of benzene rings is 1. The van der Waals surface area contributed by atoms with Crippen LogP contribution in [-0.2, 0) is 9.47 Å². The van der Waals surface area contributed by atoms with Crippen molar-refractivity contribution < 1.29 is 14.3 Å². The van der Waals surface area contributed by atoms with Crippen LogP contribution in [0.1, 0.15) is 9.67 Å². The predicted molar refractivity (Wildman–Crippen MR) is 104 cm³/mol. The van der Waals surface area contributed by atoms with Crippen LogP contribution >= 0.6 is 34.3 Å². The molecule has 7 nitrogen and oxygen atoms in total. The zero-order valence-corrected chi connectivity index (χ0v) is 16.2. The number of thiazole rings is 2. The Morgan fingerprint density at radius 2 is 2.12 bits per heavy atom. The standard InChI is InChI=1S/C16H15ClN4O3S2/c1-23-14(22)12-13(17)20-15(26-12)18-9-2-3-10-11(8-9)25-16(19-10)21-4-6-24-7-5-21/h2-3,8H,4-7H2,1H3,(H,18,20). The Morgan fingerprint density at radius 1 is 1.31 bits per heavy atom. The van der Waals surface area contributed by atoms with Crippen molar-refractivity contribution in [1.82, 2.24) is 9.97 Å². The second-order valence-electron chi connectivity index (χ2n) is 5.53. The van der Waals surface area contributed by atoms with Crippen molar-refractivity contribution in [2.45, 2.75) is 0 Å². The zero-order chi connectivity index (χ0) is 18.1. The fourth-order valence-electron chi connectivity index (χ4n) is 2.58. The number of hydrogen-bond donors (Lipinski definition) is 1. The van der Waals surface area contributed by atoms with Crippen LogP contribution in [-0.4, -0.2) is 49.4 Å². The highest BCUT2D eigenvalue weighted by molar-refractivity contribution is 7.22. The van der Waals surface area contributed by atoms with Crippen molar-refractivity contribution in [1.29, 1.82) is 0 Å². The molecule has 10 heteroatoms. The number of esters is 1. The van der Waals surface area contributed by atoms with E-state index in [1.54, 1.807) is 11.3 Å². The lowest BCUT2D eigenvalue weighted by molar-refractivity contribution is 0.0606. The largest absolute Gasteiger partial charge is 0.465 e. The number of hydrogen-bond acceptors (Lipinski definition) is 9. The van der Waals surface area contributed by atoms with Crippen LogP contribution in [0.3, 0.4) is 0 Å². The predicted octanol–water partition coefficient (Wildman–Crippen LogP) is 3.77. The van der Waals surface area contributed by atoms with Crippen LogP contribution < -0.4 is 10.2 Å². The van der Waals surface area contributed by atoms with Crippen LogP contribution in [0.25, 0.3) is 10.2 Å². The van der Waals surface area contributed by atoms with Gasteiger partial charge < -0.3 is 19.7 Å². The smallest absolute Gasteiger partial charge is 0.351 e. The quantitative estimate of drug-likeness (QED) is 0.656. The highest BCUT2D eigenvalue weighted by Crippen LogP contribution is 2.34. The molecule has 0 atom stereocenters. The van der Waals surface area contributed by atoms with E-state index in [-0.39, 0.29) is 10.0 Å². The van der Waals surface area contributed by atoms with Gasteiger partial charge in [-0.15, -0.1) is 0 Å². The van der Waals surface area contributed by atoms with E-state index >= 15 is 0 Å². The molecule has 0 amide bonds. The maximum absolute atomic E-state index is 11.6. The molecule has 0 bridgehead atoms. The van der Waals surface area contributed by atoms with Crippen molar-refractivity contribution in [3.8, 4) is 0 Å². The second-order valence-corrected chi connectivity index (χ2v) is 7.90. The van der Waals surface area contributed by atoms with Crippen LogP contribution in [0, 0.1) is 0 Å². The van der Waals surface area contributed by atoms with Gasteiger partial charge in [-0.05, 0) is 18.2 Å². The summed E-state index contributed by atoms with van der Waals surface area (Å²) < 4.78 is 11.2. The monoisotopic (exact) mass is 410 g/mol. The van der Waals surface area contributed by atoms with Crippen molar-refractivity contribution in [3.63, 3.8) is 0 Å². The molecule has 1 aromatic carbocycles. The number of anilines is 3. The van der Waals surface area contributed by atoms with E-state index in [4.69, 9.17) is 26.1 Å². The molecule has 0 unspecified atom stereocenters. The van der Waals surface area contributed by atoms with Gasteiger partial charge in [0, 0.05) is 18.8 Å². The molecule has 0 aliphatic carbocycles. The second kappa shape index (κ2) is 7.36. The van der Waals surface area contributed by atoms with Crippen molar-refractivity contribution in [2.24, 2.45) is 0 Å². The van der Waals surface area contributed by atoms with E-state index in [0.29, 0.717) is 5.13 Å². The topological polar surface area (TPSA) is 76.6 Å². The van der Waals surface area contributed by atoms with Crippen molar-refractivity contribution in [2.75, 3.05) is 43.6 Å². The highest BCUT2D eigenvalue weighted by Gasteiger charge is 2.18. The van der Waals surface area contributed by atoms with Gasteiger partial charge in [-0.2, -0.15) is 0 Å². The molecule has 26 heavy (non-hydrogen) atoms. The van der Waals surface area contributed by atoms with Gasteiger partial charge in [0.15, 0.2) is 20.3 Å². The van der Waals surface area contributed by atoms with E-state index in [9.17, 15) is 4.79 Å². The summed E-state index contributed by atoms with van der Waals surface area (Å²) in [5.41, 5.74) is 1.81. The number of morpholine rings is 1. The molecule has 1 saturated heterocycles. The number of carbonyl (C=O) groups excluding carboxylic acids is 1. The number of ether oxygens (including phenoxy) is 2. The summed E-state index contributed by atoms with van der Waals surface area (Å²) in [6.07, 6.45) is 0. The van der Waals surface area contributed by atoms with Gasteiger partial charge in [0.1, 0.15) is 0 Å². The number of fused-ring (bicyclic) bond motifs is 1. The maximum Gasteiger partial charge on any atom is 0.351 e. The minimum atomic E-state index is -0.492. The van der Waals surface area contributed by atoms with Gasteiger partial charge in [-0.3, -0.25) is 0 Å². The molecule has 4 rings (SSSR count). The molecule has 1 N–H and O–H groups in total. The number of carbonyl (C=O) groups is 1. The molecule has 1 fully saturated rings. The SMILES string of the molecule is COC(=O)c1sc(Nc2ccc3nc(N4CCOCC4)sc3c2)nc1Cl. The minimum Gasteiger partial charge on any atom is -0.465 e. The average Bonchev–Trinajstić information content (AvgIpc) is 3.25. The van der Waals surface area contributed by atoms with E-state index in [1.165, 1.54) is 7.11 Å². The minimum absolute atomic E-state index is 0.137. The van der Waals surface area contributed by atoms with Crippen molar-refractivity contribution in [3.05, 3.63) is 28.2 Å². The first-order valence-electron chi connectivity index (χ1n) is 7.89. The lowest BCUT2D eigenvalue weighted by Gasteiger charge is -2.25. The molecule has 2 aromatic heterocycles. The Labute approximate surface area is 162 Å². The summed E-state index contributed by atoms with van der Waals surface area (Å²) in [4.78, 5) is 23.0. The molecule has 1 aliphatic rings. The van der Waals surface area contributed by atoms with E-state index in [2.05, 4.69) is 15.2 Å². The fraction of sp³-hybridized carbons (Fsp3) is 0.312. The van der Waals surface area contributed by atoms with Crippen LogP contribution in [0.15, 0.2) is 18.2 Å². The third kappa shape index (κ3) is 3.48. The summed E-state index contributed by atoms with van der Waals surface area (Å²) in [7, 11) is 1.31. The molecule has 0 radical (unpaired) electrons. The van der Waals surface area contributed by atoms with Gasteiger partial charge in [0.05, 0.1) is 30.5 Å². The first-order valence-corrected chi connectivity index (χ1v) is 9.90. The van der Waals surface area contributed by atoms with Gasteiger partial charge in [-0.1, -0.05) is 34.3 Å². The van der Waals surface area contributed by atoms with Crippen LogP contribution in [0.5, 0.6) is 0 Å². The Hall–Kier alpha value is -1.94. The van der Waals surface area contributed by atoms with Gasteiger partial charge in [0.25, 0.3) is 0 Å². The fourth-order valence-corrected chi connectivity index (χ4v) is 4.76. The number of methoxy groups -OCH3 is 1. The van der Waals surface area contributed by atoms with E-state index in [0.717, 1.165) is 58.7 Å². The first kappa shape index (κ1) is 17.5. The summed E-state index contributed by atoms with van der Waals surface area (Å²) >= 11 is 8.81. The Bertz CT molecular complexity index is 952. The molecular weight excluding hydrogens is 396 g/mol. The first-order chi connectivity index (χ1) is 12.6. The highest BCUT2D eigenvalue weighted by atomic mass is 35.5. The van der Waals surface area contributed by atoms with E-state index < -0.39 is 5.97 Å². The van der Waals surface area contributed by atoms with Gasteiger partial charge in [0.2, 0.25) is 0 Å². The average molecular weight is 411 g/mol. The maximum atomic E-state index is 11.6. The summed E-state index contributed by atoms with van der Waals surface area (Å²) in [5, 5.41) is 4.86. The molecule has 136 valence electrons. The number of rotatable bonds is 4. The molecule has 3 aromatic rings. The number of nitrogens with one attached hydrogen (secondary N) is 1. The third-order valence-electron chi connectivity index (χ3n) is 3.87. The van der Waals surface area contributed by atoms with Crippen LogP contribution in [0.2, 0.25) is 5.15 Å². The molecular formula is C16H15ClN4O3S2. The van der Waals surface area contributed by atoms with E-state index in [1.807, 2.05) is 18.2 Å². The lowest BCUT2D eigenvalue weighted by Crippen LogP contribution is -2.36. The van der Waals surface area contributed by atoms with Crippen LogP contribution in [0.4, 0.5) is 16.0 Å². The van der Waals surface area contributed by atoms with Gasteiger partial charge in [-0.25, -0.2) is 14.8 Å². The molecule has 0 spiro atoms. The summed E-state index contributed by atoms with van der Waals surface area (Å²) in [5.74, 6) is -0.492. The number of nitrogens with zero attached hydrogens (tertiary/aromatic N) is 3. The Morgan fingerprint density at radius 3 is 2.88 bits per heavy atom. The normalized spacial score (nSPS) is 14.6. The lowest BCUT2D eigenvalue weighted by atomic mass is 10.3. The summed E-state index contributed by atoms with van der Waals surface area (Å²) in [6, 6.07) is 5.91.